The van der Waals surface area contributed by atoms with E-state index in [9.17, 15) is 4.79 Å². The molecule has 6 nitrogen and oxygen atoms in total. The Hall–Kier alpha value is -1.02. The van der Waals surface area contributed by atoms with Crippen molar-refractivity contribution in [3.8, 4) is 5.88 Å². The second-order valence-electron chi connectivity index (χ2n) is 5.85. The lowest BCUT2D eigenvalue weighted by Gasteiger charge is -2.16. The average Bonchev–Trinajstić information content (AvgIpc) is 3.26. The minimum Gasteiger partial charge on any atom is -0.476 e. The zero-order chi connectivity index (χ0) is 16.6. The number of hydrogen-bond donors (Lipinski definition) is 3. The molecule has 2 aliphatic rings. The van der Waals surface area contributed by atoms with Crippen LogP contribution in [0.25, 0.3) is 0 Å². The summed E-state index contributed by atoms with van der Waals surface area (Å²) in [6.07, 6.45) is 2.59. The maximum absolute atomic E-state index is 12.3. The van der Waals surface area contributed by atoms with Gasteiger partial charge in [0.05, 0.1) is 12.6 Å². The van der Waals surface area contributed by atoms with E-state index in [1.54, 1.807) is 0 Å². The third-order valence-corrected chi connectivity index (χ3v) is 5.72. The van der Waals surface area contributed by atoms with Crippen LogP contribution in [-0.4, -0.2) is 40.5 Å². The van der Waals surface area contributed by atoms with Crippen LogP contribution in [0.4, 0.5) is 0 Å². The van der Waals surface area contributed by atoms with Crippen LogP contribution < -0.4 is 15.8 Å². The highest BCUT2D eigenvalue weighted by atomic mass is 35.5. The monoisotopic (exact) mass is 357 g/mol. The number of halogens is 1. The van der Waals surface area contributed by atoms with E-state index in [-0.39, 0.29) is 17.8 Å². The minimum absolute atomic E-state index is 0.0405. The van der Waals surface area contributed by atoms with E-state index < -0.39 is 6.04 Å². The maximum Gasteiger partial charge on any atom is 0.235 e. The Morgan fingerprint density at radius 1 is 1.57 bits per heavy atom. The highest BCUT2D eigenvalue weighted by molar-refractivity contribution is 8.01. The normalized spacial score (nSPS) is 22.8. The molecule has 0 radical (unpaired) electrons. The van der Waals surface area contributed by atoms with Gasteiger partial charge >= 0.3 is 0 Å². The fraction of sp³-hybridized carbons (Fsp3) is 0.600. The fourth-order valence-electron chi connectivity index (χ4n) is 2.52. The van der Waals surface area contributed by atoms with Crippen molar-refractivity contribution >= 4 is 29.3 Å². The van der Waals surface area contributed by atoms with Crippen molar-refractivity contribution in [2.24, 2.45) is 5.73 Å². The number of ether oxygens (including phenoxy) is 1. The lowest BCUT2D eigenvalue weighted by atomic mass is 10.0. The van der Waals surface area contributed by atoms with Gasteiger partial charge in [-0.1, -0.05) is 23.4 Å². The van der Waals surface area contributed by atoms with Crippen molar-refractivity contribution in [3.05, 3.63) is 16.1 Å². The summed E-state index contributed by atoms with van der Waals surface area (Å²) in [7, 11) is 0. The molecule has 1 aromatic heterocycles. The first-order valence-corrected chi connectivity index (χ1v) is 8.95. The van der Waals surface area contributed by atoms with Crippen LogP contribution in [0.3, 0.4) is 0 Å². The number of amides is 1. The van der Waals surface area contributed by atoms with E-state index in [0.29, 0.717) is 35.0 Å². The first-order valence-electron chi connectivity index (χ1n) is 7.69. The van der Waals surface area contributed by atoms with Crippen LogP contribution in [0, 0.1) is 6.92 Å². The summed E-state index contributed by atoms with van der Waals surface area (Å²) < 4.78 is 5.53. The summed E-state index contributed by atoms with van der Waals surface area (Å²) in [4.78, 5) is 16.8. The predicted molar refractivity (Wildman–Crippen MR) is 88.9 cm³/mol. The predicted octanol–water partition coefficient (Wildman–Crippen LogP) is 1.56. The molecule has 1 aliphatic carbocycles. The molecule has 2 heterocycles. The number of nitrogens with zero attached hydrogens (tertiary/aromatic N) is 1. The van der Waals surface area contributed by atoms with Crippen LogP contribution in [0.2, 0.25) is 5.02 Å². The molecule has 1 fully saturated rings. The lowest BCUT2D eigenvalue weighted by molar-refractivity contribution is -0.121. The zero-order valence-electron chi connectivity index (χ0n) is 12.8. The number of fused-ring (bicyclic) bond motifs is 1. The van der Waals surface area contributed by atoms with E-state index in [1.165, 1.54) is 11.8 Å². The SMILES string of the molecule is Cc1c(Cl)c(OCCCO)nc2c1C(N)C(C(=O)NC1CC1)S2. The van der Waals surface area contributed by atoms with Gasteiger partial charge in [-0.2, -0.15) is 0 Å². The number of carbonyl (C=O) groups excluding carboxylic acids is 1. The highest BCUT2D eigenvalue weighted by Gasteiger charge is 2.40. The number of aliphatic hydroxyl groups is 1. The van der Waals surface area contributed by atoms with Crippen LogP contribution >= 0.6 is 23.4 Å². The molecule has 1 aliphatic heterocycles. The summed E-state index contributed by atoms with van der Waals surface area (Å²) in [5, 5.41) is 12.6. The van der Waals surface area contributed by atoms with Crippen molar-refractivity contribution < 1.29 is 14.6 Å². The van der Waals surface area contributed by atoms with E-state index in [2.05, 4.69) is 10.3 Å². The van der Waals surface area contributed by atoms with Gasteiger partial charge in [-0.15, -0.1) is 0 Å². The molecule has 3 rings (SSSR count). The van der Waals surface area contributed by atoms with Crippen molar-refractivity contribution in [2.45, 2.75) is 48.5 Å². The molecule has 0 aromatic carbocycles. The quantitative estimate of drug-likeness (QED) is 0.668. The number of aromatic nitrogens is 1. The molecular formula is C15H20ClN3O3S. The summed E-state index contributed by atoms with van der Waals surface area (Å²) in [6, 6.07) is -0.126. The standard InChI is InChI=1S/C15H20ClN3O3S/c1-7-9-11(17)12(13(21)18-8-3-4-8)23-15(9)19-14(10(7)16)22-6-2-5-20/h8,11-12,20H,2-6,17H2,1H3,(H,18,21). The van der Waals surface area contributed by atoms with Crippen LogP contribution in [0.15, 0.2) is 5.03 Å². The summed E-state index contributed by atoms with van der Waals surface area (Å²) in [5.41, 5.74) is 7.90. The molecular weight excluding hydrogens is 338 g/mol. The first kappa shape index (κ1) is 16.8. The van der Waals surface area contributed by atoms with Gasteiger partial charge in [-0.25, -0.2) is 4.98 Å². The van der Waals surface area contributed by atoms with Crippen LogP contribution in [0.5, 0.6) is 5.88 Å². The Morgan fingerprint density at radius 2 is 2.30 bits per heavy atom. The number of thioether (sulfide) groups is 1. The van der Waals surface area contributed by atoms with E-state index in [4.69, 9.17) is 27.2 Å². The Kier molecular flexibility index (Phi) is 5.01. The third-order valence-electron chi connectivity index (χ3n) is 3.98. The number of nitrogens with one attached hydrogen (secondary N) is 1. The van der Waals surface area contributed by atoms with Gasteiger partial charge in [0.2, 0.25) is 11.8 Å². The molecule has 2 unspecified atom stereocenters. The Balaban J connectivity index is 1.81. The molecule has 0 spiro atoms. The van der Waals surface area contributed by atoms with Crippen molar-refractivity contribution in [1.29, 1.82) is 0 Å². The van der Waals surface area contributed by atoms with E-state index in [0.717, 1.165) is 24.0 Å². The molecule has 0 saturated heterocycles. The largest absolute Gasteiger partial charge is 0.476 e. The van der Waals surface area contributed by atoms with Gasteiger partial charge in [0.15, 0.2) is 0 Å². The second kappa shape index (κ2) is 6.84. The summed E-state index contributed by atoms with van der Waals surface area (Å²) >= 11 is 7.69. The number of carbonyl (C=O) groups is 1. The van der Waals surface area contributed by atoms with Gasteiger partial charge < -0.3 is 20.9 Å². The Bertz CT molecular complexity index is 624. The maximum atomic E-state index is 12.3. The van der Waals surface area contributed by atoms with Gasteiger partial charge in [0, 0.05) is 24.6 Å². The molecule has 8 heteroatoms. The smallest absolute Gasteiger partial charge is 0.235 e. The van der Waals surface area contributed by atoms with Crippen LogP contribution in [-0.2, 0) is 4.79 Å². The molecule has 4 N–H and O–H groups in total. The lowest BCUT2D eigenvalue weighted by Crippen LogP contribution is -2.38. The number of rotatable bonds is 6. The Morgan fingerprint density at radius 3 is 2.96 bits per heavy atom. The van der Waals surface area contributed by atoms with Crippen molar-refractivity contribution in [1.82, 2.24) is 10.3 Å². The van der Waals surface area contributed by atoms with Gasteiger partial charge in [-0.3, -0.25) is 4.79 Å². The summed E-state index contributed by atoms with van der Waals surface area (Å²) in [5.74, 6) is 0.292. The molecule has 23 heavy (non-hydrogen) atoms. The number of pyridine rings is 1. The second-order valence-corrected chi connectivity index (χ2v) is 7.36. The first-order chi connectivity index (χ1) is 11.0. The van der Waals surface area contributed by atoms with Gasteiger partial charge in [0.1, 0.15) is 15.3 Å². The molecule has 1 aromatic rings. The molecule has 1 amide bonds. The Labute approximate surface area is 144 Å². The highest BCUT2D eigenvalue weighted by Crippen LogP contribution is 2.47. The third kappa shape index (κ3) is 3.42. The van der Waals surface area contributed by atoms with E-state index >= 15 is 0 Å². The molecule has 2 atom stereocenters. The summed E-state index contributed by atoms with van der Waals surface area (Å²) in [6.45, 7) is 2.25. The topological polar surface area (TPSA) is 97.5 Å². The number of aliphatic hydroxyl groups excluding tert-OH is 1. The number of hydrogen-bond acceptors (Lipinski definition) is 6. The van der Waals surface area contributed by atoms with Crippen molar-refractivity contribution in [2.75, 3.05) is 13.2 Å². The fourth-order valence-corrected chi connectivity index (χ4v) is 3.97. The van der Waals surface area contributed by atoms with Gasteiger partial charge in [-0.05, 0) is 25.3 Å². The minimum atomic E-state index is -0.426. The zero-order valence-corrected chi connectivity index (χ0v) is 14.4. The van der Waals surface area contributed by atoms with Crippen molar-refractivity contribution in [3.63, 3.8) is 0 Å². The molecule has 0 bridgehead atoms. The van der Waals surface area contributed by atoms with Crippen LogP contribution in [0.1, 0.15) is 36.4 Å². The average molecular weight is 358 g/mol. The molecule has 1 saturated carbocycles. The van der Waals surface area contributed by atoms with Gasteiger partial charge in [0.25, 0.3) is 0 Å². The van der Waals surface area contributed by atoms with E-state index in [1.807, 2.05) is 6.92 Å². The molecule has 126 valence electrons. The number of nitrogens with two attached hydrogens (primary N) is 1.